The molecule has 0 fully saturated rings. The molecule has 150 heavy (non-hydrogen) atoms. The summed E-state index contributed by atoms with van der Waals surface area (Å²) in [5, 5.41) is 30.1. The van der Waals surface area contributed by atoms with Crippen LogP contribution in [0.15, 0.2) is 532 Å². The van der Waals surface area contributed by atoms with Crippen molar-refractivity contribution in [2.24, 2.45) is 0 Å². The highest BCUT2D eigenvalue weighted by Gasteiger charge is 2.39. The number of anilines is 9. The molecule has 0 saturated carbocycles. The van der Waals surface area contributed by atoms with Crippen LogP contribution in [-0.2, 0) is 10.8 Å². The van der Waals surface area contributed by atoms with E-state index in [1.807, 2.05) is 6.07 Å². The molecule has 3 aromatic heterocycles. The van der Waals surface area contributed by atoms with Gasteiger partial charge in [-0.15, -0.1) is 0 Å². The molecule has 6 heteroatoms. The Morgan fingerprint density at radius 1 is 0.187 bits per heavy atom. The van der Waals surface area contributed by atoms with Crippen LogP contribution in [0.3, 0.4) is 0 Å². The first kappa shape index (κ1) is 87.4. The van der Waals surface area contributed by atoms with E-state index in [2.05, 4.69) is 573 Å². The van der Waals surface area contributed by atoms with E-state index in [1.54, 1.807) is 0 Å². The van der Waals surface area contributed by atoms with Crippen molar-refractivity contribution in [2.75, 3.05) is 14.7 Å². The SMILES string of the molecule is CC1(C)c2ccccc2-c2c1ccc1ccc3ccc4cc(N(c5ccccc5)c5ccc(-c6ccccc6)cc5)ccc4c3c21.CC1(C)c2ccccc2-c2c1ccc1ccc3ccc4cc(N(c5ccccc5)c5cccc6c7ccccc7n(-c7ccccc7)c56)ccc4c3c21.c1ccc(N(c2ccc3c(ccc4ccc5ccc6oc7ccccc7c6c5c43)c2)c2cccc3c4ccccc4n(-c4ccccc4)c23)cc1. The molecule has 6 nitrogen and oxygen atoms in total. The summed E-state index contributed by atoms with van der Waals surface area (Å²) >= 11 is 0. The van der Waals surface area contributed by atoms with E-state index in [0.29, 0.717) is 0 Å². The smallest absolute Gasteiger partial charge is 0.136 e. The summed E-state index contributed by atoms with van der Waals surface area (Å²) < 4.78 is 11.2. The maximum absolute atomic E-state index is 6.36. The van der Waals surface area contributed by atoms with Crippen molar-refractivity contribution < 1.29 is 4.42 Å². The molecule has 0 atom stereocenters. The molecular formula is C144H99N5O. The molecule has 0 amide bonds. The molecule has 2 aliphatic carbocycles. The van der Waals surface area contributed by atoms with E-state index < -0.39 is 0 Å². The maximum atomic E-state index is 6.36. The fourth-order valence-electron chi connectivity index (χ4n) is 25.4. The molecule has 706 valence electrons. The highest BCUT2D eigenvalue weighted by molar-refractivity contribution is 6.33. The number of aromatic nitrogens is 2. The lowest BCUT2D eigenvalue weighted by Gasteiger charge is -2.27. The van der Waals surface area contributed by atoms with E-state index in [4.69, 9.17) is 4.42 Å². The fourth-order valence-corrected chi connectivity index (χ4v) is 25.4. The maximum Gasteiger partial charge on any atom is 0.136 e. The first-order chi connectivity index (χ1) is 74.0. The van der Waals surface area contributed by atoms with Crippen LogP contribution in [0.1, 0.15) is 49.9 Å². The van der Waals surface area contributed by atoms with Crippen LogP contribution in [0.4, 0.5) is 51.2 Å². The van der Waals surface area contributed by atoms with E-state index in [9.17, 15) is 0 Å². The van der Waals surface area contributed by atoms with Gasteiger partial charge in [-0.05, 0) is 293 Å². The number of fused-ring (bicyclic) bond motifs is 33. The van der Waals surface area contributed by atoms with Crippen molar-refractivity contribution >= 4 is 214 Å². The lowest BCUT2D eigenvalue weighted by molar-refractivity contribution is 0.660. The number of para-hydroxylation sites is 10. The highest BCUT2D eigenvalue weighted by atomic mass is 16.3. The summed E-state index contributed by atoms with van der Waals surface area (Å²) in [6.45, 7) is 9.47. The average molecular weight is 1920 g/mol. The predicted molar refractivity (Wildman–Crippen MR) is 637 cm³/mol. The van der Waals surface area contributed by atoms with E-state index in [-0.39, 0.29) is 10.8 Å². The Hall–Kier alpha value is -19.1. The molecule has 0 spiro atoms. The molecule has 31 rings (SSSR count). The Bertz CT molecular complexity index is 10500. The number of furan rings is 1. The minimum absolute atomic E-state index is 0.0354. The summed E-state index contributed by atoms with van der Waals surface area (Å²) in [6, 6.07) is 193. The van der Waals surface area contributed by atoms with Gasteiger partial charge in [0.2, 0.25) is 0 Å². The monoisotopic (exact) mass is 1910 g/mol. The standard InChI is InChI=1S/C51H36N2.C48H30N2O.C45H33N/c1-51(2)43-21-11-9-19-42(43)49-44(51)31-28-34-25-24-33-26-27-35-32-38(29-30-39(35)47(33)48(34)49)52(36-14-5-3-6-15-36)46-23-13-20-41-40-18-10-12-22-45(40)53(50(41)46)37-16-7-4-8-17-37;1-3-12-34(13-4-1)49(42-20-11-18-39-38-16-7-9-19-41(38)50(48(39)42)35-14-5-2-6-15-35)36-27-28-37-33(30-36)25-24-31-22-23-32-26-29-44-47(46(32)45(31)37)40-17-8-10-21-43(40)51-44;1-45(2)40-16-10-9-15-39(40)44-41(45)28-23-33-18-17-32-19-20-34-29-37(26-27-38(34)42(32)43(33)44)46(35-13-7-4-8-14-35)36-24-21-31(22-25-36)30-11-5-3-6-12-30/h3-32H,1-2H3;1-30H;3-29H,1-2H3. The largest absolute Gasteiger partial charge is 0.456 e. The molecule has 2 aliphatic rings. The third kappa shape index (κ3) is 13.9. The molecule has 29 aromatic rings. The molecular weight excluding hydrogens is 1820 g/mol. The van der Waals surface area contributed by atoms with Gasteiger partial charge in [-0.1, -0.05) is 410 Å². The molecule has 3 heterocycles. The minimum atomic E-state index is -0.0561. The van der Waals surface area contributed by atoms with Crippen LogP contribution < -0.4 is 14.7 Å². The van der Waals surface area contributed by atoms with E-state index in [1.165, 1.54) is 202 Å². The number of benzene rings is 26. The molecule has 0 aliphatic heterocycles. The Labute approximate surface area is 869 Å². The van der Waals surface area contributed by atoms with Crippen LogP contribution in [0.5, 0.6) is 0 Å². The van der Waals surface area contributed by atoms with Crippen LogP contribution in [-0.4, -0.2) is 9.13 Å². The Morgan fingerprint density at radius 2 is 0.500 bits per heavy atom. The zero-order chi connectivity index (χ0) is 99.6. The zero-order valence-corrected chi connectivity index (χ0v) is 83.4. The van der Waals surface area contributed by atoms with Crippen molar-refractivity contribution in [2.45, 2.75) is 38.5 Å². The number of hydrogen-bond donors (Lipinski definition) is 0. The van der Waals surface area contributed by atoms with Gasteiger partial charge in [0.25, 0.3) is 0 Å². The minimum Gasteiger partial charge on any atom is -0.456 e. The molecule has 0 radical (unpaired) electrons. The molecule has 0 N–H and O–H groups in total. The third-order valence-corrected chi connectivity index (χ3v) is 32.2. The zero-order valence-electron chi connectivity index (χ0n) is 83.4. The van der Waals surface area contributed by atoms with Gasteiger partial charge in [0.1, 0.15) is 11.2 Å². The second-order valence-corrected chi connectivity index (χ2v) is 41.2. The highest BCUT2D eigenvalue weighted by Crippen LogP contribution is 2.58. The van der Waals surface area contributed by atoms with Crippen molar-refractivity contribution in [3.05, 3.63) is 550 Å². The van der Waals surface area contributed by atoms with Gasteiger partial charge in [0, 0.05) is 99.7 Å². The Kier molecular flexibility index (Phi) is 20.3. The summed E-state index contributed by atoms with van der Waals surface area (Å²) in [5.41, 5.74) is 32.5. The van der Waals surface area contributed by atoms with Crippen molar-refractivity contribution in [1.82, 2.24) is 9.13 Å². The second kappa shape index (κ2) is 34.8. The van der Waals surface area contributed by atoms with Crippen molar-refractivity contribution in [1.29, 1.82) is 0 Å². The summed E-state index contributed by atoms with van der Waals surface area (Å²) in [4.78, 5) is 7.21. The Balaban J connectivity index is 0.000000106. The van der Waals surface area contributed by atoms with Gasteiger partial charge < -0.3 is 28.3 Å². The first-order valence-corrected chi connectivity index (χ1v) is 52.1. The first-order valence-electron chi connectivity index (χ1n) is 52.1. The molecule has 26 aromatic carbocycles. The normalized spacial score (nSPS) is 12.8. The third-order valence-electron chi connectivity index (χ3n) is 32.2. The topological polar surface area (TPSA) is 32.7 Å². The van der Waals surface area contributed by atoms with Crippen LogP contribution >= 0.6 is 0 Å². The number of nitrogens with zero attached hydrogens (tertiary/aromatic N) is 5. The Morgan fingerprint density at radius 3 is 0.947 bits per heavy atom. The lowest BCUT2D eigenvalue weighted by atomic mass is 9.81. The second-order valence-electron chi connectivity index (χ2n) is 41.2. The number of hydrogen-bond acceptors (Lipinski definition) is 4. The quantitative estimate of drug-likeness (QED) is 0.114. The molecule has 0 bridgehead atoms. The van der Waals surface area contributed by atoms with Gasteiger partial charge in [0.05, 0.1) is 33.4 Å². The predicted octanol–water partition coefficient (Wildman–Crippen LogP) is 40.2. The van der Waals surface area contributed by atoms with Crippen LogP contribution in [0.25, 0.3) is 207 Å². The van der Waals surface area contributed by atoms with Crippen molar-refractivity contribution in [3.8, 4) is 44.8 Å². The van der Waals surface area contributed by atoms with Gasteiger partial charge in [-0.25, -0.2) is 0 Å². The average Bonchev–Trinajstić information content (AvgIpc) is 1.54. The molecule has 0 saturated heterocycles. The van der Waals surface area contributed by atoms with Gasteiger partial charge >= 0.3 is 0 Å². The van der Waals surface area contributed by atoms with Crippen molar-refractivity contribution in [3.63, 3.8) is 0 Å². The lowest BCUT2D eigenvalue weighted by Crippen LogP contribution is -2.14. The summed E-state index contributed by atoms with van der Waals surface area (Å²) in [6.07, 6.45) is 0. The van der Waals surface area contributed by atoms with E-state index in [0.717, 1.165) is 79.1 Å². The number of rotatable bonds is 12. The van der Waals surface area contributed by atoms with E-state index >= 15 is 0 Å². The van der Waals surface area contributed by atoms with Crippen LogP contribution in [0.2, 0.25) is 0 Å². The molecule has 0 unspecified atom stereocenters. The van der Waals surface area contributed by atoms with Gasteiger partial charge in [0.15, 0.2) is 0 Å². The van der Waals surface area contributed by atoms with Gasteiger partial charge in [-0.2, -0.15) is 0 Å². The van der Waals surface area contributed by atoms with Gasteiger partial charge in [-0.3, -0.25) is 0 Å². The summed E-state index contributed by atoms with van der Waals surface area (Å²) in [7, 11) is 0. The van der Waals surface area contributed by atoms with Crippen LogP contribution in [0, 0.1) is 0 Å². The fraction of sp³-hybridized carbons (Fsp3) is 0.0417. The summed E-state index contributed by atoms with van der Waals surface area (Å²) in [5.74, 6) is 0.